The summed E-state index contributed by atoms with van der Waals surface area (Å²) in [4.78, 5) is 42.4. The van der Waals surface area contributed by atoms with Gasteiger partial charge in [-0.3, -0.25) is 14.6 Å². The van der Waals surface area contributed by atoms with Crippen LogP contribution in [0.4, 0.5) is 0 Å². The van der Waals surface area contributed by atoms with Crippen LogP contribution in [0.1, 0.15) is 42.4 Å². The molecule has 0 atom stereocenters. The lowest BCUT2D eigenvalue weighted by atomic mass is 10.0. The van der Waals surface area contributed by atoms with Gasteiger partial charge in [0, 0.05) is 18.0 Å². The topological polar surface area (TPSA) is 88.6 Å². The largest absolute Gasteiger partial charge is 0.452 e. The van der Waals surface area contributed by atoms with Gasteiger partial charge in [-0.15, -0.1) is 0 Å². The molecule has 0 spiro atoms. The van der Waals surface area contributed by atoms with Crippen molar-refractivity contribution < 1.29 is 19.1 Å². The van der Waals surface area contributed by atoms with Crippen molar-refractivity contribution in [3.05, 3.63) is 41.1 Å². The third kappa shape index (κ3) is 5.28. The number of carbonyl (C=O) groups excluding carboxylic acids is 3. The zero-order chi connectivity index (χ0) is 21.1. The van der Waals surface area contributed by atoms with Crippen molar-refractivity contribution in [2.45, 2.75) is 40.2 Å². The van der Waals surface area contributed by atoms with Gasteiger partial charge in [-0.1, -0.05) is 18.2 Å². The number of likely N-dealkylation sites (N-methyl/N-ethyl adjacent to an activating group) is 1. The molecule has 0 saturated carbocycles. The standard InChI is InChI=1S/C21H27N3O4/c1-13-15-9-7-8-10-16(15)22-14(2)19(13)20(27)28-12-18(26)24(6)11-17(25)23-21(3,4)5/h7-10H,11-12H2,1-6H3,(H,23,25). The van der Waals surface area contributed by atoms with E-state index in [0.29, 0.717) is 11.3 Å². The van der Waals surface area contributed by atoms with Gasteiger partial charge in [-0.25, -0.2) is 4.79 Å². The Morgan fingerprint density at radius 1 is 1.14 bits per heavy atom. The number of para-hydroxylation sites is 1. The SMILES string of the molecule is Cc1nc2ccccc2c(C)c1C(=O)OCC(=O)N(C)CC(=O)NC(C)(C)C. The normalized spacial score (nSPS) is 11.2. The van der Waals surface area contributed by atoms with Crippen molar-refractivity contribution in [3.8, 4) is 0 Å². The number of nitrogens with one attached hydrogen (secondary N) is 1. The molecule has 0 fully saturated rings. The number of hydrogen-bond donors (Lipinski definition) is 1. The molecule has 28 heavy (non-hydrogen) atoms. The third-order valence-electron chi connectivity index (χ3n) is 4.18. The van der Waals surface area contributed by atoms with Gasteiger partial charge in [0.1, 0.15) is 0 Å². The maximum absolute atomic E-state index is 12.6. The summed E-state index contributed by atoms with van der Waals surface area (Å²) in [5.74, 6) is -1.34. The Hall–Kier alpha value is -2.96. The molecule has 0 saturated heterocycles. The maximum Gasteiger partial charge on any atom is 0.340 e. The van der Waals surface area contributed by atoms with E-state index >= 15 is 0 Å². The molecule has 1 aromatic carbocycles. The summed E-state index contributed by atoms with van der Waals surface area (Å²) in [7, 11) is 1.49. The van der Waals surface area contributed by atoms with Crippen LogP contribution in [-0.2, 0) is 14.3 Å². The monoisotopic (exact) mass is 385 g/mol. The number of ether oxygens (including phenoxy) is 1. The van der Waals surface area contributed by atoms with E-state index in [-0.39, 0.29) is 18.0 Å². The highest BCUT2D eigenvalue weighted by Crippen LogP contribution is 2.23. The van der Waals surface area contributed by atoms with Crippen LogP contribution in [0.2, 0.25) is 0 Å². The zero-order valence-electron chi connectivity index (χ0n) is 17.3. The number of carbonyl (C=O) groups is 3. The van der Waals surface area contributed by atoms with Crippen molar-refractivity contribution in [2.75, 3.05) is 20.2 Å². The van der Waals surface area contributed by atoms with E-state index in [1.54, 1.807) is 6.92 Å². The molecule has 0 aliphatic carbocycles. The van der Waals surface area contributed by atoms with Gasteiger partial charge in [0.15, 0.2) is 6.61 Å². The minimum Gasteiger partial charge on any atom is -0.452 e. The maximum atomic E-state index is 12.6. The van der Waals surface area contributed by atoms with Gasteiger partial charge in [0.05, 0.1) is 23.3 Å². The van der Waals surface area contributed by atoms with E-state index < -0.39 is 18.5 Å². The summed E-state index contributed by atoms with van der Waals surface area (Å²) >= 11 is 0. The van der Waals surface area contributed by atoms with Gasteiger partial charge < -0.3 is 15.0 Å². The average Bonchev–Trinajstić information content (AvgIpc) is 2.57. The Labute approximate surface area is 165 Å². The average molecular weight is 385 g/mol. The predicted molar refractivity (Wildman–Crippen MR) is 107 cm³/mol. The lowest BCUT2D eigenvalue weighted by molar-refractivity contribution is -0.137. The second-order valence-corrected chi connectivity index (χ2v) is 7.84. The number of esters is 1. The molecule has 150 valence electrons. The number of pyridine rings is 1. The number of hydrogen-bond acceptors (Lipinski definition) is 5. The van der Waals surface area contributed by atoms with Crippen molar-refractivity contribution in [1.29, 1.82) is 0 Å². The molecule has 2 amide bonds. The van der Waals surface area contributed by atoms with Crippen LogP contribution in [0.3, 0.4) is 0 Å². The first kappa shape index (κ1) is 21.3. The van der Waals surface area contributed by atoms with E-state index in [0.717, 1.165) is 16.5 Å². The van der Waals surface area contributed by atoms with Gasteiger partial charge in [-0.2, -0.15) is 0 Å². The quantitative estimate of drug-likeness (QED) is 0.799. The molecule has 1 N–H and O–H groups in total. The molecule has 0 aliphatic heterocycles. The number of aromatic nitrogens is 1. The van der Waals surface area contributed by atoms with E-state index in [4.69, 9.17) is 4.74 Å². The summed E-state index contributed by atoms with van der Waals surface area (Å²) < 4.78 is 5.20. The molecule has 1 heterocycles. The zero-order valence-corrected chi connectivity index (χ0v) is 17.3. The van der Waals surface area contributed by atoms with E-state index in [9.17, 15) is 14.4 Å². The molecule has 2 aromatic rings. The Morgan fingerprint density at radius 2 is 1.79 bits per heavy atom. The number of rotatable bonds is 5. The first-order chi connectivity index (χ1) is 13.0. The Morgan fingerprint density at radius 3 is 2.43 bits per heavy atom. The second kappa shape index (κ2) is 8.37. The highest BCUT2D eigenvalue weighted by Gasteiger charge is 2.21. The van der Waals surface area contributed by atoms with Gasteiger partial charge in [0.25, 0.3) is 5.91 Å². The highest BCUT2D eigenvalue weighted by atomic mass is 16.5. The molecule has 1 aromatic heterocycles. The van der Waals surface area contributed by atoms with Gasteiger partial charge in [0.2, 0.25) is 5.91 Å². The lowest BCUT2D eigenvalue weighted by Crippen LogP contribution is -2.46. The van der Waals surface area contributed by atoms with Crippen molar-refractivity contribution >= 4 is 28.7 Å². The van der Waals surface area contributed by atoms with E-state index in [1.165, 1.54) is 11.9 Å². The molecule has 2 rings (SSSR count). The first-order valence-corrected chi connectivity index (χ1v) is 9.07. The Balaban J connectivity index is 2.03. The molecule has 0 aliphatic rings. The fourth-order valence-corrected chi connectivity index (χ4v) is 2.90. The van der Waals surface area contributed by atoms with Gasteiger partial charge >= 0.3 is 5.97 Å². The summed E-state index contributed by atoms with van der Waals surface area (Å²) in [5, 5.41) is 3.64. The smallest absolute Gasteiger partial charge is 0.340 e. The Bertz CT molecular complexity index is 916. The highest BCUT2D eigenvalue weighted by molar-refractivity contribution is 5.99. The number of aryl methyl sites for hydroxylation is 2. The van der Waals surface area contributed by atoms with Crippen LogP contribution in [0.25, 0.3) is 10.9 Å². The molecular weight excluding hydrogens is 358 g/mol. The molecule has 0 unspecified atom stereocenters. The minimum absolute atomic E-state index is 0.108. The predicted octanol–water partition coefficient (Wildman–Crippen LogP) is 2.38. The van der Waals surface area contributed by atoms with E-state index in [1.807, 2.05) is 52.0 Å². The number of amides is 2. The first-order valence-electron chi connectivity index (χ1n) is 9.07. The van der Waals surface area contributed by atoms with Crippen LogP contribution in [-0.4, -0.2) is 53.4 Å². The number of benzene rings is 1. The van der Waals surface area contributed by atoms with Crippen molar-refractivity contribution in [1.82, 2.24) is 15.2 Å². The molecule has 0 radical (unpaired) electrons. The fourth-order valence-electron chi connectivity index (χ4n) is 2.90. The van der Waals surface area contributed by atoms with Crippen LogP contribution in [0.15, 0.2) is 24.3 Å². The summed E-state index contributed by atoms with van der Waals surface area (Å²) in [5.41, 5.74) is 2.09. The molecule has 7 heteroatoms. The van der Waals surface area contributed by atoms with Crippen LogP contribution in [0, 0.1) is 13.8 Å². The minimum atomic E-state index is -0.603. The summed E-state index contributed by atoms with van der Waals surface area (Å²) in [6, 6.07) is 7.53. The number of nitrogens with zero attached hydrogens (tertiary/aromatic N) is 2. The molecular formula is C21H27N3O4. The third-order valence-corrected chi connectivity index (χ3v) is 4.18. The number of fused-ring (bicyclic) bond motifs is 1. The van der Waals surface area contributed by atoms with Gasteiger partial charge in [-0.05, 0) is 46.2 Å². The second-order valence-electron chi connectivity index (χ2n) is 7.84. The fraction of sp³-hybridized carbons (Fsp3) is 0.429. The summed E-state index contributed by atoms with van der Waals surface area (Å²) in [6.07, 6.45) is 0. The molecule has 0 bridgehead atoms. The summed E-state index contributed by atoms with van der Waals surface area (Å²) in [6.45, 7) is 8.59. The van der Waals surface area contributed by atoms with Crippen molar-refractivity contribution in [2.24, 2.45) is 0 Å². The lowest BCUT2D eigenvalue weighted by Gasteiger charge is -2.23. The van der Waals surface area contributed by atoms with Crippen LogP contribution in [0.5, 0.6) is 0 Å². The van der Waals surface area contributed by atoms with Crippen molar-refractivity contribution in [3.63, 3.8) is 0 Å². The molecule has 7 nitrogen and oxygen atoms in total. The van der Waals surface area contributed by atoms with Crippen LogP contribution < -0.4 is 5.32 Å². The van der Waals surface area contributed by atoms with E-state index in [2.05, 4.69) is 10.3 Å². The van der Waals surface area contributed by atoms with Crippen LogP contribution >= 0.6 is 0 Å². The Kier molecular flexibility index (Phi) is 6.38.